The van der Waals surface area contributed by atoms with Crippen molar-refractivity contribution in [3.63, 3.8) is 0 Å². The second kappa shape index (κ2) is 3.98. The fraction of sp³-hybridized carbons (Fsp3) is 0.444. The quantitative estimate of drug-likeness (QED) is 0.641. The van der Waals surface area contributed by atoms with Crippen molar-refractivity contribution in [1.82, 2.24) is 9.78 Å². The molecule has 0 unspecified atom stereocenters. The molecule has 4 nitrogen and oxygen atoms in total. The number of aromatic nitrogens is 2. The van der Waals surface area contributed by atoms with E-state index in [-0.39, 0.29) is 0 Å². The highest BCUT2D eigenvalue weighted by atomic mass is 15.3. The third kappa shape index (κ3) is 1.83. The zero-order chi connectivity index (χ0) is 9.84. The predicted molar refractivity (Wildman–Crippen MR) is 53.1 cm³/mol. The lowest BCUT2D eigenvalue weighted by Gasteiger charge is -1.93. The molecule has 0 fully saturated rings. The summed E-state index contributed by atoms with van der Waals surface area (Å²) < 4.78 is 1.73. The van der Waals surface area contributed by atoms with Gasteiger partial charge in [0, 0.05) is 19.7 Å². The largest absolute Gasteiger partial charge is 0.249 e. The normalized spacial score (nSPS) is 12.0. The highest BCUT2D eigenvalue weighted by Gasteiger charge is 2.08. The highest BCUT2D eigenvalue weighted by Crippen LogP contribution is 2.23. The van der Waals surface area contributed by atoms with Crippen molar-refractivity contribution in [2.24, 2.45) is 17.3 Å². The summed E-state index contributed by atoms with van der Waals surface area (Å²) in [6.07, 6.45) is 3.96. The maximum atomic E-state index is 4.26. The van der Waals surface area contributed by atoms with Gasteiger partial charge in [0.05, 0.1) is 5.69 Å². The molecule has 1 aromatic heterocycles. The number of rotatable bonds is 2. The number of aryl methyl sites for hydroxylation is 2. The standard InChI is InChI=1S/C9H14N4/c1-5-6-8-7(2)12-13(4)9(8)11-10-3/h5-6H,1-4H3. The van der Waals surface area contributed by atoms with E-state index in [1.54, 1.807) is 11.7 Å². The van der Waals surface area contributed by atoms with Crippen LogP contribution in [0.2, 0.25) is 0 Å². The van der Waals surface area contributed by atoms with Gasteiger partial charge in [-0.2, -0.15) is 10.2 Å². The Bertz CT molecular complexity index is 314. The predicted octanol–water partition coefficient (Wildman–Crippen LogP) is 2.48. The Labute approximate surface area is 78.0 Å². The van der Waals surface area contributed by atoms with Gasteiger partial charge in [-0.1, -0.05) is 12.2 Å². The number of hydrogen-bond donors (Lipinski definition) is 0. The van der Waals surface area contributed by atoms with Crippen LogP contribution >= 0.6 is 0 Å². The molecule has 1 heterocycles. The van der Waals surface area contributed by atoms with E-state index in [0.717, 1.165) is 17.1 Å². The Balaban J connectivity index is 3.28. The van der Waals surface area contributed by atoms with E-state index in [1.165, 1.54) is 0 Å². The van der Waals surface area contributed by atoms with Gasteiger partial charge in [0.2, 0.25) is 0 Å². The first-order valence-corrected chi connectivity index (χ1v) is 4.16. The lowest BCUT2D eigenvalue weighted by Crippen LogP contribution is -1.88. The monoisotopic (exact) mass is 178 g/mol. The van der Waals surface area contributed by atoms with Gasteiger partial charge in [0.15, 0.2) is 5.82 Å². The van der Waals surface area contributed by atoms with Crippen LogP contribution in [0.4, 0.5) is 5.82 Å². The zero-order valence-corrected chi connectivity index (χ0v) is 8.44. The van der Waals surface area contributed by atoms with Crippen molar-refractivity contribution in [1.29, 1.82) is 0 Å². The van der Waals surface area contributed by atoms with Gasteiger partial charge in [-0.25, -0.2) is 4.68 Å². The minimum atomic E-state index is 0.804. The van der Waals surface area contributed by atoms with Crippen LogP contribution in [0.5, 0.6) is 0 Å². The Hall–Kier alpha value is -1.45. The maximum Gasteiger partial charge on any atom is 0.179 e. The van der Waals surface area contributed by atoms with Crippen molar-refractivity contribution < 1.29 is 0 Å². The Morgan fingerprint density at radius 1 is 1.46 bits per heavy atom. The molecule has 0 spiro atoms. The molecular formula is C9H14N4. The van der Waals surface area contributed by atoms with Crippen LogP contribution in [0.25, 0.3) is 6.08 Å². The van der Waals surface area contributed by atoms with E-state index >= 15 is 0 Å². The summed E-state index contributed by atoms with van der Waals surface area (Å²) in [5.41, 5.74) is 2.01. The molecule has 0 aromatic carbocycles. The van der Waals surface area contributed by atoms with E-state index in [4.69, 9.17) is 0 Å². The molecule has 1 aromatic rings. The first-order chi connectivity index (χ1) is 6.20. The fourth-order valence-corrected chi connectivity index (χ4v) is 1.24. The minimum Gasteiger partial charge on any atom is -0.249 e. The zero-order valence-electron chi connectivity index (χ0n) is 8.44. The molecule has 0 bridgehead atoms. The summed E-state index contributed by atoms with van der Waals surface area (Å²) in [7, 11) is 3.52. The summed E-state index contributed by atoms with van der Waals surface area (Å²) in [6, 6.07) is 0. The molecule has 4 heteroatoms. The average Bonchev–Trinajstić information content (AvgIpc) is 2.33. The van der Waals surface area contributed by atoms with E-state index in [0.29, 0.717) is 0 Å². The molecule has 0 aliphatic carbocycles. The van der Waals surface area contributed by atoms with Crippen LogP contribution in [-0.2, 0) is 7.05 Å². The van der Waals surface area contributed by atoms with Gasteiger partial charge in [-0.05, 0) is 13.8 Å². The van der Waals surface area contributed by atoms with Crippen molar-refractivity contribution in [3.8, 4) is 0 Å². The molecule has 0 amide bonds. The van der Waals surface area contributed by atoms with Crippen molar-refractivity contribution >= 4 is 11.9 Å². The third-order valence-electron chi connectivity index (χ3n) is 1.77. The Morgan fingerprint density at radius 3 is 2.69 bits per heavy atom. The molecule has 13 heavy (non-hydrogen) atoms. The number of hydrogen-bond acceptors (Lipinski definition) is 3. The fourth-order valence-electron chi connectivity index (χ4n) is 1.24. The molecule has 1 rings (SSSR count). The van der Waals surface area contributed by atoms with Gasteiger partial charge < -0.3 is 0 Å². The molecule has 0 N–H and O–H groups in total. The summed E-state index contributed by atoms with van der Waals surface area (Å²) in [5.74, 6) is 0.804. The van der Waals surface area contributed by atoms with Crippen LogP contribution < -0.4 is 0 Å². The topological polar surface area (TPSA) is 42.5 Å². The third-order valence-corrected chi connectivity index (χ3v) is 1.77. The lowest BCUT2D eigenvalue weighted by atomic mass is 10.2. The van der Waals surface area contributed by atoms with Crippen molar-refractivity contribution in [2.75, 3.05) is 7.05 Å². The summed E-state index contributed by atoms with van der Waals surface area (Å²) in [4.78, 5) is 0. The smallest absolute Gasteiger partial charge is 0.179 e. The van der Waals surface area contributed by atoms with E-state index in [9.17, 15) is 0 Å². The van der Waals surface area contributed by atoms with E-state index in [2.05, 4.69) is 15.3 Å². The van der Waals surface area contributed by atoms with Gasteiger partial charge >= 0.3 is 0 Å². The number of nitrogens with zero attached hydrogens (tertiary/aromatic N) is 4. The molecule has 0 aliphatic heterocycles. The maximum absolute atomic E-state index is 4.26. The molecule has 0 radical (unpaired) electrons. The van der Waals surface area contributed by atoms with Gasteiger partial charge in [0.1, 0.15) is 0 Å². The second-order valence-electron chi connectivity index (χ2n) is 2.75. The first kappa shape index (κ1) is 9.64. The number of azo groups is 1. The lowest BCUT2D eigenvalue weighted by molar-refractivity contribution is 0.752. The highest BCUT2D eigenvalue weighted by molar-refractivity contribution is 5.62. The summed E-state index contributed by atoms with van der Waals surface area (Å²) in [6.45, 7) is 3.93. The molecule has 0 saturated heterocycles. The SMILES string of the molecule is CC=Cc1c(C)nn(C)c1N=NC. The minimum absolute atomic E-state index is 0.804. The molecule has 0 atom stereocenters. The van der Waals surface area contributed by atoms with Crippen LogP contribution in [0.1, 0.15) is 18.2 Å². The van der Waals surface area contributed by atoms with Crippen molar-refractivity contribution in [2.45, 2.75) is 13.8 Å². The van der Waals surface area contributed by atoms with Crippen molar-refractivity contribution in [3.05, 3.63) is 17.3 Å². The van der Waals surface area contributed by atoms with Crippen LogP contribution in [0, 0.1) is 6.92 Å². The number of allylic oxidation sites excluding steroid dienone is 1. The van der Waals surface area contributed by atoms with Gasteiger partial charge in [-0.15, -0.1) is 5.11 Å². The summed E-state index contributed by atoms with van der Waals surface area (Å²) >= 11 is 0. The Morgan fingerprint density at radius 2 is 2.15 bits per heavy atom. The molecular weight excluding hydrogens is 164 g/mol. The van der Waals surface area contributed by atoms with E-state index < -0.39 is 0 Å². The second-order valence-corrected chi connectivity index (χ2v) is 2.75. The van der Waals surface area contributed by atoms with Gasteiger partial charge in [-0.3, -0.25) is 0 Å². The molecule has 70 valence electrons. The summed E-state index contributed by atoms with van der Waals surface area (Å²) in [5, 5.41) is 12.0. The molecule has 0 aliphatic rings. The average molecular weight is 178 g/mol. The Kier molecular flexibility index (Phi) is 2.95. The first-order valence-electron chi connectivity index (χ1n) is 4.16. The van der Waals surface area contributed by atoms with Crippen LogP contribution in [-0.4, -0.2) is 16.8 Å². The van der Waals surface area contributed by atoms with Gasteiger partial charge in [0.25, 0.3) is 0 Å². The van der Waals surface area contributed by atoms with Crippen LogP contribution in [0.15, 0.2) is 16.3 Å². The van der Waals surface area contributed by atoms with Crippen LogP contribution in [0.3, 0.4) is 0 Å². The molecule has 0 saturated carbocycles. The van der Waals surface area contributed by atoms with E-state index in [1.807, 2.05) is 33.0 Å².